The predicted octanol–water partition coefficient (Wildman–Crippen LogP) is 3.35. The van der Waals surface area contributed by atoms with E-state index in [0.29, 0.717) is 16.5 Å². The average Bonchev–Trinajstić information content (AvgIpc) is 3.09. The third-order valence-corrected chi connectivity index (χ3v) is 4.07. The molecule has 0 spiro atoms. The molecule has 0 aliphatic rings. The molecule has 1 aromatic heterocycles. The van der Waals surface area contributed by atoms with Gasteiger partial charge < -0.3 is 0 Å². The van der Waals surface area contributed by atoms with Crippen molar-refractivity contribution in [1.29, 1.82) is 0 Å². The molecule has 120 valence electrons. The second-order valence-electron chi connectivity index (χ2n) is 4.85. The molecule has 0 atom stereocenters. The zero-order chi connectivity index (χ0) is 16.9. The Morgan fingerprint density at radius 3 is 2.71 bits per heavy atom. The van der Waals surface area contributed by atoms with Crippen LogP contribution in [0.15, 0.2) is 59.8 Å². The highest BCUT2D eigenvalue weighted by atomic mass is 32.2. The molecule has 1 heterocycles. The van der Waals surface area contributed by atoms with Crippen LogP contribution in [0.25, 0.3) is 11.4 Å². The lowest BCUT2D eigenvalue weighted by Gasteiger charge is -1.99. The van der Waals surface area contributed by atoms with Crippen molar-refractivity contribution in [3.63, 3.8) is 0 Å². The van der Waals surface area contributed by atoms with Gasteiger partial charge >= 0.3 is 0 Å². The number of H-pyrrole nitrogens is 1. The molecule has 3 rings (SSSR count). The second kappa shape index (κ2) is 7.05. The lowest BCUT2D eigenvalue weighted by Crippen LogP contribution is -2.03. The number of rotatable bonds is 6. The van der Waals surface area contributed by atoms with Crippen LogP contribution < -0.4 is 0 Å². The number of aromatic amines is 1. The van der Waals surface area contributed by atoms with Gasteiger partial charge in [0.25, 0.3) is 5.69 Å². The van der Waals surface area contributed by atoms with E-state index in [1.54, 1.807) is 6.07 Å². The Hall–Kier alpha value is -3.00. The molecule has 0 radical (unpaired) electrons. The molecule has 7 nitrogen and oxygen atoms in total. The summed E-state index contributed by atoms with van der Waals surface area (Å²) in [7, 11) is 0. The topological polar surface area (TPSA) is 102 Å². The summed E-state index contributed by atoms with van der Waals surface area (Å²) >= 11 is 1.18. The second-order valence-corrected chi connectivity index (χ2v) is 5.79. The fourth-order valence-corrected chi connectivity index (χ4v) is 2.74. The summed E-state index contributed by atoms with van der Waals surface area (Å²) in [6, 6.07) is 15.2. The van der Waals surface area contributed by atoms with Gasteiger partial charge in [0.15, 0.2) is 11.6 Å². The molecule has 0 aliphatic carbocycles. The number of nitro benzene ring substituents is 1. The zero-order valence-electron chi connectivity index (χ0n) is 12.4. The molecule has 0 amide bonds. The number of hydrogen-bond acceptors (Lipinski definition) is 6. The Kier molecular flexibility index (Phi) is 4.66. The normalized spacial score (nSPS) is 10.5. The van der Waals surface area contributed by atoms with E-state index in [9.17, 15) is 14.9 Å². The van der Waals surface area contributed by atoms with Crippen LogP contribution in [0.2, 0.25) is 0 Å². The highest BCUT2D eigenvalue weighted by molar-refractivity contribution is 7.99. The fourth-order valence-electron chi connectivity index (χ4n) is 2.04. The maximum atomic E-state index is 12.2. The van der Waals surface area contributed by atoms with Gasteiger partial charge in [0.1, 0.15) is 0 Å². The van der Waals surface area contributed by atoms with Crippen molar-refractivity contribution in [2.45, 2.75) is 5.16 Å². The molecule has 0 aliphatic heterocycles. The van der Waals surface area contributed by atoms with Crippen LogP contribution >= 0.6 is 11.8 Å². The smallest absolute Gasteiger partial charge is 0.270 e. The van der Waals surface area contributed by atoms with Crippen LogP contribution in [0.4, 0.5) is 5.69 Å². The van der Waals surface area contributed by atoms with Gasteiger partial charge in [-0.3, -0.25) is 20.0 Å². The average molecular weight is 340 g/mol. The van der Waals surface area contributed by atoms with E-state index in [1.807, 2.05) is 30.3 Å². The first-order chi connectivity index (χ1) is 11.6. The number of Topliss-reactive ketones (excluding diaryl/α,β-unsaturated/α-hetero) is 1. The van der Waals surface area contributed by atoms with Gasteiger partial charge in [0.05, 0.1) is 10.7 Å². The quantitative estimate of drug-likeness (QED) is 0.319. The number of thioether (sulfide) groups is 1. The van der Waals surface area contributed by atoms with E-state index in [-0.39, 0.29) is 17.2 Å². The predicted molar refractivity (Wildman–Crippen MR) is 90.0 cm³/mol. The van der Waals surface area contributed by atoms with E-state index in [4.69, 9.17) is 0 Å². The van der Waals surface area contributed by atoms with Crippen LogP contribution in [0.1, 0.15) is 10.4 Å². The molecule has 0 saturated carbocycles. The summed E-state index contributed by atoms with van der Waals surface area (Å²) in [5, 5.41) is 18.1. The maximum Gasteiger partial charge on any atom is 0.270 e. The van der Waals surface area contributed by atoms with Crippen molar-refractivity contribution in [3.05, 3.63) is 70.3 Å². The number of ketones is 1. The summed E-state index contributed by atoms with van der Waals surface area (Å²) < 4.78 is 0. The number of carbonyl (C=O) groups excluding carboxylic acids is 1. The molecule has 1 N–H and O–H groups in total. The number of nitrogens with zero attached hydrogens (tertiary/aromatic N) is 3. The Morgan fingerprint density at radius 1 is 1.17 bits per heavy atom. The monoisotopic (exact) mass is 340 g/mol. The molecular formula is C16H12N4O3S. The van der Waals surface area contributed by atoms with Crippen LogP contribution in [0.3, 0.4) is 0 Å². The Morgan fingerprint density at radius 2 is 1.96 bits per heavy atom. The van der Waals surface area contributed by atoms with Crippen molar-refractivity contribution in [2.75, 3.05) is 5.75 Å². The minimum Gasteiger partial charge on any atom is -0.293 e. The molecule has 0 fully saturated rings. The molecule has 8 heteroatoms. The highest BCUT2D eigenvalue weighted by Gasteiger charge is 2.13. The van der Waals surface area contributed by atoms with Gasteiger partial charge in [0.2, 0.25) is 5.16 Å². The van der Waals surface area contributed by atoms with Gasteiger partial charge in [0, 0.05) is 23.3 Å². The largest absolute Gasteiger partial charge is 0.293 e. The number of nitro groups is 1. The summed E-state index contributed by atoms with van der Waals surface area (Å²) in [6.07, 6.45) is 0. The zero-order valence-corrected chi connectivity index (χ0v) is 13.2. The first kappa shape index (κ1) is 15.9. The van der Waals surface area contributed by atoms with Gasteiger partial charge in [-0.25, -0.2) is 4.98 Å². The maximum absolute atomic E-state index is 12.2. The third kappa shape index (κ3) is 3.66. The van der Waals surface area contributed by atoms with Crippen molar-refractivity contribution in [3.8, 4) is 11.4 Å². The van der Waals surface area contributed by atoms with E-state index in [2.05, 4.69) is 15.2 Å². The molecule has 0 bridgehead atoms. The van der Waals surface area contributed by atoms with Crippen LogP contribution in [-0.4, -0.2) is 31.6 Å². The van der Waals surface area contributed by atoms with Gasteiger partial charge in [-0.1, -0.05) is 54.2 Å². The van der Waals surface area contributed by atoms with Gasteiger partial charge in [-0.15, -0.1) is 5.10 Å². The summed E-state index contributed by atoms with van der Waals surface area (Å²) in [6.45, 7) is 0. The lowest BCUT2D eigenvalue weighted by atomic mass is 10.1. The van der Waals surface area contributed by atoms with Crippen LogP contribution in [0.5, 0.6) is 0 Å². The van der Waals surface area contributed by atoms with Gasteiger partial charge in [-0.2, -0.15) is 0 Å². The Bertz CT molecular complexity index is 880. The molecule has 0 saturated heterocycles. The number of aromatic nitrogens is 3. The van der Waals surface area contributed by atoms with Crippen LogP contribution in [0, 0.1) is 10.1 Å². The number of hydrogen-bond donors (Lipinski definition) is 1. The summed E-state index contributed by atoms with van der Waals surface area (Å²) in [4.78, 5) is 26.7. The Labute approximate surface area is 141 Å². The highest BCUT2D eigenvalue weighted by Crippen LogP contribution is 2.21. The number of benzene rings is 2. The van der Waals surface area contributed by atoms with E-state index < -0.39 is 4.92 Å². The molecular weight excluding hydrogens is 328 g/mol. The summed E-state index contributed by atoms with van der Waals surface area (Å²) in [5.41, 5.74) is 1.10. The lowest BCUT2D eigenvalue weighted by molar-refractivity contribution is -0.384. The molecule has 3 aromatic rings. The SMILES string of the molecule is O=C(CSc1n[nH]c(-c2ccccc2)n1)c1cccc([N+](=O)[O-])c1. The first-order valence-electron chi connectivity index (χ1n) is 7.02. The fraction of sp³-hybridized carbons (Fsp3) is 0.0625. The first-order valence-corrected chi connectivity index (χ1v) is 8.00. The Balaban J connectivity index is 1.66. The van der Waals surface area contributed by atoms with Crippen molar-refractivity contribution >= 4 is 23.2 Å². The number of non-ortho nitro benzene ring substituents is 1. The number of carbonyl (C=O) groups is 1. The molecule has 0 unspecified atom stereocenters. The number of nitrogens with one attached hydrogen (secondary N) is 1. The van der Waals surface area contributed by atoms with Gasteiger partial charge in [-0.05, 0) is 0 Å². The van der Waals surface area contributed by atoms with Crippen LogP contribution in [-0.2, 0) is 0 Å². The van der Waals surface area contributed by atoms with E-state index in [1.165, 1.54) is 30.0 Å². The third-order valence-electron chi connectivity index (χ3n) is 3.22. The van der Waals surface area contributed by atoms with E-state index in [0.717, 1.165) is 5.56 Å². The molecule has 24 heavy (non-hydrogen) atoms. The minimum atomic E-state index is -0.522. The van der Waals surface area contributed by atoms with E-state index >= 15 is 0 Å². The summed E-state index contributed by atoms with van der Waals surface area (Å²) in [5.74, 6) is 0.517. The minimum absolute atomic E-state index is 0.102. The molecule has 2 aromatic carbocycles. The van der Waals surface area contributed by atoms with Crippen molar-refractivity contribution in [2.24, 2.45) is 0 Å². The van der Waals surface area contributed by atoms with Crippen molar-refractivity contribution in [1.82, 2.24) is 15.2 Å². The van der Waals surface area contributed by atoms with Crippen molar-refractivity contribution < 1.29 is 9.72 Å². The standard InChI is InChI=1S/C16H12N4O3S/c21-14(12-7-4-8-13(9-12)20(22)23)10-24-16-17-15(18-19-16)11-5-2-1-3-6-11/h1-9H,10H2,(H,17,18,19).